The molecule has 1 amide bonds. The van der Waals surface area contributed by atoms with E-state index in [1.807, 2.05) is 31.2 Å². The summed E-state index contributed by atoms with van der Waals surface area (Å²) in [7, 11) is -2.06. The topological polar surface area (TPSA) is 75.7 Å². The molecule has 0 spiro atoms. The van der Waals surface area contributed by atoms with E-state index in [0.717, 1.165) is 5.56 Å². The Hall–Kier alpha value is -2.64. The Kier molecular flexibility index (Phi) is 6.16. The molecule has 0 aromatic heterocycles. The van der Waals surface area contributed by atoms with Crippen molar-refractivity contribution in [3.05, 3.63) is 71.3 Å². The molecular weight excluding hydrogens is 376 g/mol. The second-order valence-electron chi connectivity index (χ2n) is 6.69. The minimum Gasteiger partial charge on any atom is -0.497 e. The summed E-state index contributed by atoms with van der Waals surface area (Å²) >= 11 is 0. The predicted molar refractivity (Wildman–Crippen MR) is 107 cm³/mol. The highest BCUT2D eigenvalue weighted by Gasteiger charge is 2.27. The van der Waals surface area contributed by atoms with Gasteiger partial charge in [-0.3, -0.25) is 4.79 Å². The Balaban J connectivity index is 1.60. The molecule has 2 aromatic carbocycles. The first-order valence-electron chi connectivity index (χ1n) is 9.07. The lowest BCUT2D eigenvalue weighted by Gasteiger charge is -2.25. The predicted octanol–water partition coefficient (Wildman–Crippen LogP) is 2.64. The number of hydrogen-bond donors (Lipinski definition) is 1. The number of sulfonamides is 1. The van der Waals surface area contributed by atoms with E-state index < -0.39 is 10.0 Å². The number of methoxy groups -OCH3 is 1. The monoisotopic (exact) mass is 400 g/mol. The number of nitrogens with one attached hydrogen (secondary N) is 1. The highest BCUT2D eigenvalue weighted by molar-refractivity contribution is 7.89. The van der Waals surface area contributed by atoms with Crippen molar-refractivity contribution in [1.82, 2.24) is 9.62 Å². The van der Waals surface area contributed by atoms with Gasteiger partial charge in [-0.1, -0.05) is 35.9 Å². The molecule has 6 nitrogen and oxygen atoms in total. The number of carbonyl (C=O) groups excluding carboxylic acids is 1. The number of rotatable bonds is 6. The van der Waals surface area contributed by atoms with E-state index >= 15 is 0 Å². The normalized spacial score (nSPS) is 15.0. The molecule has 0 radical (unpaired) electrons. The molecule has 3 rings (SSSR count). The van der Waals surface area contributed by atoms with Crippen molar-refractivity contribution in [1.29, 1.82) is 0 Å². The van der Waals surface area contributed by atoms with E-state index in [-0.39, 0.29) is 23.9 Å². The molecule has 1 heterocycles. The molecule has 1 N–H and O–H groups in total. The van der Waals surface area contributed by atoms with Crippen LogP contribution in [0.5, 0.6) is 5.75 Å². The lowest BCUT2D eigenvalue weighted by Crippen LogP contribution is -2.37. The summed E-state index contributed by atoms with van der Waals surface area (Å²) in [5.41, 5.74) is 2.82. The second-order valence-corrected chi connectivity index (χ2v) is 8.62. The lowest BCUT2D eigenvalue weighted by atomic mass is 10.1. The molecule has 0 aliphatic carbocycles. The molecule has 148 valence electrons. The molecular formula is C21H24N2O4S. The largest absolute Gasteiger partial charge is 0.497 e. The smallest absolute Gasteiger partial charge is 0.247 e. The first-order valence-corrected chi connectivity index (χ1v) is 10.5. The average Bonchev–Trinajstić information content (AvgIpc) is 2.73. The Morgan fingerprint density at radius 2 is 1.79 bits per heavy atom. The Morgan fingerprint density at radius 1 is 1.11 bits per heavy atom. The van der Waals surface area contributed by atoms with Crippen LogP contribution in [0.3, 0.4) is 0 Å². The molecule has 2 aromatic rings. The van der Waals surface area contributed by atoms with Crippen LogP contribution < -0.4 is 10.1 Å². The zero-order valence-corrected chi connectivity index (χ0v) is 16.8. The molecule has 0 bridgehead atoms. The van der Waals surface area contributed by atoms with Crippen molar-refractivity contribution >= 4 is 15.9 Å². The summed E-state index contributed by atoms with van der Waals surface area (Å²) in [6, 6.07) is 14.3. The molecule has 28 heavy (non-hydrogen) atoms. The van der Waals surface area contributed by atoms with Gasteiger partial charge in [0.15, 0.2) is 0 Å². The maximum absolute atomic E-state index is 12.8. The number of carbonyl (C=O) groups is 1. The van der Waals surface area contributed by atoms with Crippen molar-refractivity contribution in [3.63, 3.8) is 0 Å². The Labute approximate surface area is 165 Å². The van der Waals surface area contributed by atoms with Gasteiger partial charge in [-0.25, -0.2) is 8.42 Å². The molecule has 1 aliphatic rings. The van der Waals surface area contributed by atoms with Crippen molar-refractivity contribution in [2.24, 2.45) is 0 Å². The number of benzene rings is 2. The fourth-order valence-electron chi connectivity index (χ4n) is 2.97. The molecule has 1 aliphatic heterocycles. The number of ether oxygens (including phenoxy) is 1. The van der Waals surface area contributed by atoms with E-state index in [1.165, 1.54) is 29.1 Å². The van der Waals surface area contributed by atoms with Gasteiger partial charge >= 0.3 is 0 Å². The van der Waals surface area contributed by atoms with Gasteiger partial charge in [0.25, 0.3) is 0 Å². The highest BCUT2D eigenvalue weighted by Crippen LogP contribution is 2.22. The summed E-state index contributed by atoms with van der Waals surface area (Å²) in [4.78, 5) is 12.6. The van der Waals surface area contributed by atoms with Gasteiger partial charge in [0, 0.05) is 25.2 Å². The van der Waals surface area contributed by atoms with Crippen molar-refractivity contribution in [2.75, 3.05) is 20.2 Å². The summed E-state index contributed by atoms with van der Waals surface area (Å²) < 4.78 is 32.0. The maximum atomic E-state index is 12.8. The van der Waals surface area contributed by atoms with E-state index in [4.69, 9.17) is 4.74 Å². The van der Waals surface area contributed by atoms with Gasteiger partial charge in [-0.05, 0) is 43.2 Å². The van der Waals surface area contributed by atoms with Crippen LogP contribution in [0.25, 0.3) is 0 Å². The number of amides is 1. The van der Waals surface area contributed by atoms with Crippen LogP contribution in [0.1, 0.15) is 17.5 Å². The van der Waals surface area contributed by atoms with Gasteiger partial charge < -0.3 is 10.1 Å². The van der Waals surface area contributed by atoms with E-state index in [1.54, 1.807) is 18.2 Å². The van der Waals surface area contributed by atoms with Crippen LogP contribution in [0, 0.1) is 6.92 Å². The van der Waals surface area contributed by atoms with Crippen molar-refractivity contribution in [2.45, 2.75) is 24.8 Å². The second kappa shape index (κ2) is 8.58. The van der Waals surface area contributed by atoms with Crippen LogP contribution in [0.2, 0.25) is 0 Å². The van der Waals surface area contributed by atoms with Crippen LogP contribution in [0.15, 0.2) is 65.1 Å². The molecule has 0 fully saturated rings. The third kappa shape index (κ3) is 4.61. The van der Waals surface area contributed by atoms with Crippen LogP contribution in [-0.4, -0.2) is 38.8 Å². The minimum atomic E-state index is -3.59. The fourth-order valence-corrected chi connectivity index (χ4v) is 4.35. The van der Waals surface area contributed by atoms with Crippen LogP contribution in [-0.2, 0) is 21.4 Å². The molecule has 0 atom stereocenters. The fraction of sp³-hybridized carbons (Fsp3) is 0.286. The number of aryl methyl sites for hydroxylation is 1. The Morgan fingerprint density at radius 3 is 2.36 bits per heavy atom. The number of nitrogens with zero attached hydrogens (tertiary/aromatic N) is 1. The standard InChI is InChI=1S/C21H24N2O4S/c1-16-3-5-17(6-4-16)15-22-21(24)18-11-13-23(14-12-18)28(25,26)20-9-7-19(27-2)8-10-20/h3-11H,12-15H2,1-2H3,(H,22,24). The quantitative estimate of drug-likeness (QED) is 0.809. The number of hydrogen-bond acceptors (Lipinski definition) is 4. The maximum Gasteiger partial charge on any atom is 0.247 e. The van der Waals surface area contributed by atoms with E-state index in [2.05, 4.69) is 5.32 Å². The zero-order valence-electron chi connectivity index (χ0n) is 16.0. The summed E-state index contributed by atoms with van der Waals surface area (Å²) in [5.74, 6) is 0.451. The van der Waals surface area contributed by atoms with Crippen molar-refractivity contribution in [3.8, 4) is 5.75 Å². The molecule has 7 heteroatoms. The van der Waals surface area contributed by atoms with E-state index in [0.29, 0.717) is 24.3 Å². The lowest BCUT2D eigenvalue weighted by molar-refractivity contribution is -0.117. The Bertz CT molecular complexity index is 964. The summed E-state index contributed by atoms with van der Waals surface area (Å²) in [6.07, 6.45) is 2.07. The van der Waals surface area contributed by atoms with Gasteiger partial charge in [-0.2, -0.15) is 4.31 Å². The van der Waals surface area contributed by atoms with E-state index in [9.17, 15) is 13.2 Å². The third-order valence-electron chi connectivity index (χ3n) is 4.73. The molecule has 0 saturated carbocycles. The third-order valence-corrected chi connectivity index (χ3v) is 6.61. The molecule has 0 saturated heterocycles. The summed E-state index contributed by atoms with van der Waals surface area (Å²) in [6.45, 7) is 2.92. The zero-order chi connectivity index (χ0) is 20.1. The highest BCUT2D eigenvalue weighted by atomic mass is 32.2. The van der Waals surface area contributed by atoms with Gasteiger partial charge in [0.1, 0.15) is 5.75 Å². The SMILES string of the molecule is COc1ccc(S(=O)(=O)N2CC=C(C(=O)NCc3ccc(C)cc3)CC2)cc1. The first-order chi connectivity index (χ1) is 13.4. The minimum absolute atomic E-state index is 0.151. The molecule has 0 unspecified atom stereocenters. The van der Waals surface area contributed by atoms with Crippen molar-refractivity contribution < 1.29 is 17.9 Å². The average molecular weight is 401 g/mol. The van der Waals surface area contributed by atoms with Gasteiger partial charge in [0.2, 0.25) is 15.9 Å². The first kappa shape index (κ1) is 20.1. The van der Waals surface area contributed by atoms with Crippen LogP contribution in [0.4, 0.5) is 0 Å². The van der Waals surface area contributed by atoms with Crippen LogP contribution >= 0.6 is 0 Å². The summed E-state index contributed by atoms with van der Waals surface area (Å²) in [5, 5.41) is 2.90. The van der Waals surface area contributed by atoms with Gasteiger partial charge in [-0.15, -0.1) is 0 Å². The van der Waals surface area contributed by atoms with Gasteiger partial charge in [0.05, 0.1) is 12.0 Å².